The second-order valence-corrected chi connectivity index (χ2v) is 5.06. The van der Waals surface area contributed by atoms with Crippen LogP contribution in [0.5, 0.6) is 5.75 Å². The third kappa shape index (κ3) is 3.67. The van der Waals surface area contributed by atoms with E-state index in [0.29, 0.717) is 13.0 Å². The third-order valence-electron chi connectivity index (χ3n) is 3.51. The number of hydrogen-bond donors (Lipinski definition) is 3. The predicted octanol–water partition coefficient (Wildman–Crippen LogP) is 1.81. The Kier molecular flexibility index (Phi) is 4.37. The summed E-state index contributed by atoms with van der Waals surface area (Å²) in [6.45, 7) is 0.465. The zero-order chi connectivity index (χ0) is 13.8. The van der Waals surface area contributed by atoms with Crippen LogP contribution in [0.1, 0.15) is 36.0 Å². The number of benzene rings is 1. The maximum Gasteiger partial charge on any atom is 0.255 e. The molecule has 0 aromatic heterocycles. The molecule has 4 nitrogen and oxygen atoms in total. The molecule has 0 saturated heterocycles. The minimum atomic E-state index is -0.579. The van der Waals surface area contributed by atoms with Gasteiger partial charge in [0, 0.05) is 12.6 Å². The first-order chi connectivity index (χ1) is 9.06. The molecule has 1 aliphatic rings. The standard InChI is InChI=1S/C14H18FNO3/c15-10-4-5-12(13(18)7-10)14(19)16-8-9-2-1-3-11(17)6-9/h4-5,7,9,11,17-18H,1-3,6,8H2,(H,16,19). The summed E-state index contributed by atoms with van der Waals surface area (Å²) < 4.78 is 12.8. The van der Waals surface area contributed by atoms with Crippen LogP contribution in [0, 0.1) is 11.7 Å². The molecule has 0 spiro atoms. The van der Waals surface area contributed by atoms with Crippen LogP contribution < -0.4 is 5.32 Å². The van der Waals surface area contributed by atoms with E-state index < -0.39 is 11.7 Å². The minimum absolute atomic E-state index is 0.0674. The number of carbonyl (C=O) groups excluding carboxylic acids is 1. The van der Waals surface area contributed by atoms with Crippen molar-refractivity contribution in [2.45, 2.75) is 31.8 Å². The maximum absolute atomic E-state index is 12.8. The van der Waals surface area contributed by atoms with Gasteiger partial charge in [-0.2, -0.15) is 0 Å². The van der Waals surface area contributed by atoms with Crippen molar-refractivity contribution >= 4 is 5.91 Å². The lowest BCUT2D eigenvalue weighted by atomic mass is 9.87. The Morgan fingerprint density at radius 1 is 1.42 bits per heavy atom. The number of aromatic hydroxyl groups is 1. The number of aliphatic hydroxyl groups excluding tert-OH is 1. The van der Waals surface area contributed by atoms with E-state index in [1.54, 1.807) is 0 Å². The number of carbonyl (C=O) groups is 1. The van der Waals surface area contributed by atoms with Gasteiger partial charge in [0.1, 0.15) is 11.6 Å². The van der Waals surface area contributed by atoms with E-state index in [9.17, 15) is 19.4 Å². The molecule has 2 unspecified atom stereocenters. The Morgan fingerprint density at radius 3 is 2.89 bits per heavy atom. The SMILES string of the molecule is O=C(NCC1CCCC(O)C1)c1ccc(F)cc1O. The molecule has 0 heterocycles. The molecule has 0 radical (unpaired) electrons. The monoisotopic (exact) mass is 267 g/mol. The normalized spacial score (nSPS) is 23.1. The van der Waals surface area contributed by atoms with E-state index in [0.717, 1.165) is 31.4 Å². The van der Waals surface area contributed by atoms with E-state index in [2.05, 4.69) is 5.32 Å². The summed E-state index contributed by atoms with van der Waals surface area (Å²) in [6, 6.07) is 3.31. The molecule has 0 bridgehead atoms. The van der Waals surface area contributed by atoms with Gasteiger partial charge in [0.2, 0.25) is 0 Å². The minimum Gasteiger partial charge on any atom is -0.507 e. The van der Waals surface area contributed by atoms with E-state index in [-0.39, 0.29) is 23.3 Å². The van der Waals surface area contributed by atoms with Gasteiger partial charge in [-0.3, -0.25) is 4.79 Å². The average molecular weight is 267 g/mol. The highest BCUT2D eigenvalue weighted by atomic mass is 19.1. The van der Waals surface area contributed by atoms with Gasteiger partial charge in [-0.15, -0.1) is 0 Å². The van der Waals surface area contributed by atoms with Crippen molar-refractivity contribution in [2.75, 3.05) is 6.54 Å². The Morgan fingerprint density at radius 2 is 2.21 bits per heavy atom. The summed E-state index contributed by atoms with van der Waals surface area (Å²) in [5.74, 6) is -1.10. The van der Waals surface area contributed by atoms with Gasteiger partial charge in [-0.1, -0.05) is 6.42 Å². The smallest absolute Gasteiger partial charge is 0.255 e. The summed E-state index contributed by atoms with van der Waals surface area (Å²) in [4.78, 5) is 11.8. The number of nitrogens with one attached hydrogen (secondary N) is 1. The van der Waals surface area contributed by atoms with Crippen LogP contribution in [-0.2, 0) is 0 Å². The zero-order valence-corrected chi connectivity index (χ0v) is 10.6. The van der Waals surface area contributed by atoms with Gasteiger partial charge in [0.25, 0.3) is 5.91 Å². The van der Waals surface area contributed by atoms with Crippen molar-refractivity contribution < 1.29 is 19.4 Å². The highest BCUT2D eigenvalue weighted by molar-refractivity contribution is 5.96. The molecule has 1 aromatic carbocycles. The van der Waals surface area contributed by atoms with Crippen molar-refractivity contribution in [3.05, 3.63) is 29.6 Å². The summed E-state index contributed by atoms with van der Waals surface area (Å²) in [6.07, 6.45) is 3.17. The lowest BCUT2D eigenvalue weighted by Gasteiger charge is -2.25. The Balaban J connectivity index is 1.90. The number of phenolic OH excluding ortho intramolecular Hbond substituents is 1. The molecule has 1 amide bonds. The highest BCUT2D eigenvalue weighted by Gasteiger charge is 2.21. The number of aliphatic hydroxyl groups is 1. The number of amides is 1. The molecule has 1 aliphatic carbocycles. The molecular weight excluding hydrogens is 249 g/mol. The molecule has 2 atom stereocenters. The third-order valence-corrected chi connectivity index (χ3v) is 3.51. The van der Waals surface area contributed by atoms with E-state index in [1.165, 1.54) is 6.07 Å². The summed E-state index contributed by atoms with van der Waals surface area (Å²) >= 11 is 0. The van der Waals surface area contributed by atoms with Crippen LogP contribution >= 0.6 is 0 Å². The van der Waals surface area contributed by atoms with Crippen molar-refractivity contribution in [1.82, 2.24) is 5.32 Å². The fraction of sp³-hybridized carbons (Fsp3) is 0.500. The lowest BCUT2D eigenvalue weighted by molar-refractivity contribution is 0.0871. The van der Waals surface area contributed by atoms with Crippen molar-refractivity contribution in [3.8, 4) is 5.75 Å². The fourth-order valence-corrected chi connectivity index (χ4v) is 2.48. The molecule has 104 valence electrons. The molecule has 3 N–H and O–H groups in total. The van der Waals surface area contributed by atoms with Gasteiger partial charge in [0.15, 0.2) is 0 Å². The Labute approximate surface area is 111 Å². The molecule has 1 fully saturated rings. The quantitative estimate of drug-likeness (QED) is 0.782. The first-order valence-electron chi connectivity index (χ1n) is 6.51. The number of phenols is 1. The Hall–Kier alpha value is -1.62. The molecule has 19 heavy (non-hydrogen) atoms. The van der Waals surface area contributed by atoms with Crippen molar-refractivity contribution in [2.24, 2.45) is 5.92 Å². The lowest BCUT2D eigenvalue weighted by Crippen LogP contribution is -2.33. The summed E-state index contributed by atoms with van der Waals surface area (Å²) in [5, 5.41) is 21.8. The van der Waals surface area contributed by atoms with Gasteiger partial charge < -0.3 is 15.5 Å². The van der Waals surface area contributed by atoms with E-state index >= 15 is 0 Å². The molecule has 5 heteroatoms. The summed E-state index contributed by atoms with van der Waals surface area (Å²) in [5.41, 5.74) is 0.0674. The first-order valence-corrected chi connectivity index (χ1v) is 6.51. The fourth-order valence-electron chi connectivity index (χ4n) is 2.48. The van der Waals surface area contributed by atoms with Crippen LogP contribution in [0.25, 0.3) is 0 Å². The van der Waals surface area contributed by atoms with Crippen LogP contribution in [0.3, 0.4) is 0 Å². The number of rotatable bonds is 3. The zero-order valence-electron chi connectivity index (χ0n) is 10.6. The van der Waals surface area contributed by atoms with Gasteiger partial charge in [-0.05, 0) is 37.3 Å². The summed E-state index contributed by atoms with van der Waals surface area (Å²) in [7, 11) is 0. The van der Waals surface area contributed by atoms with Gasteiger partial charge in [-0.25, -0.2) is 4.39 Å². The number of halogens is 1. The first kappa shape index (κ1) is 13.8. The van der Waals surface area contributed by atoms with Crippen LogP contribution in [0.2, 0.25) is 0 Å². The van der Waals surface area contributed by atoms with Crippen LogP contribution in [0.4, 0.5) is 4.39 Å². The van der Waals surface area contributed by atoms with Crippen molar-refractivity contribution in [1.29, 1.82) is 0 Å². The largest absolute Gasteiger partial charge is 0.507 e. The molecule has 1 aromatic rings. The van der Waals surface area contributed by atoms with Crippen molar-refractivity contribution in [3.63, 3.8) is 0 Å². The van der Waals surface area contributed by atoms with Gasteiger partial charge in [0.05, 0.1) is 11.7 Å². The number of hydrogen-bond acceptors (Lipinski definition) is 3. The second-order valence-electron chi connectivity index (χ2n) is 5.06. The van der Waals surface area contributed by atoms with Gasteiger partial charge >= 0.3 is 0 Å². The van der Waals surface area contributed by atoms with E-state index in [1.807, 2.05) is 0 Å². The highest BCUT2D eigenvalue weighted by Crippen LogP contribution is 2.24. The second kappa shape index (κ2) is 6.02. The van der Waals surface area contributed by atoms with Crippen LogP contribution in [0.15, 0.2) is 18.2 Å². The predicted molar refractivity (Wildman–Crippen MR) is 68.4 cm³/mol. The molecule has 1 saturated carbocycles. The average Bonchev–Trinajstić information content (AvgIpc) is 2.36. The topological polar surface area (TPSA) is 69.6 Å². The Bertz CT molecular complexity index is 464. The maximum atomic E-state index is 12.8. The molecule has 2 rings (SSSR count). The molecular formula is C14H18FNO3. The van der Waals surface area contributed by atoms with E-state index in [4.69, 9.17) is 0 Å². The van der Waals surface area contributed by atoms with Crippen LogP contribution in [-0.4, -0.2) is 28.8 Å². The molecule has 0 aliphatic heterocycles.